The van der Waals surface area contributed by atoms with Crippen LogP contribution < -0.4 is 19.9 Å². The van der Waals surface area contributed by atoms with E-state index in [9.17, 15) is 35.2 Å². The van der Waals surface area contributed by atoms with E-state index in [1.54, 1.807) is 0 Å². The number of aromatic nitrogens is 1. The van der Waals surface area contributed by atoms with Gasteiger partial charge in [-0.25, -0.2) is 27.3 Å². The van der Waals surface area contributed by atoms with Crippen molar-refractivity contribution in [2.75, 3.05) is 12.4 Å². The Morgan fingerprint density at radius 2 is 1.94 bits per heavy atom. The minimum Gasteiger partial charge on any atom is -0.496 e. The maximum absolute atomic E-state index is 14.2. The molecule has 2 atom stereocenters. The third-order valence-electron chi connectivity index (χ3n) is 5.29. The molecule has 1 saturated carbocycles. The van der Waals surface area contributed by atoms with Crippen LogP contribution in [0.4, 0.5) is 27.6 Å². The fourth-order valence-corrected chi connectivity index (χ4v) is 4.35. The van der Waals surface area contributed by atoms with Crippen molar-refractivity contribution in [1.82, 2.24) is 4.98 Å². The van der Waals surface area contributed by atoms with Gasteiger partial charge in [-0.1, -0.05) is 6.07 Å². The molecule has 1 aromatic carbocycles. The number of nitrogens with zero attached hydrogens (tertiary/aromatic N) is 1. The molecule has 8 nitrogen and oxygen atoms in total. The number of nitrogens with two attached hydrogens (primary N) is 1. The number of rotatable bonds is 6. The number of methoxy groups -OCH3 is 1. The van der Waals surface area contributed by atoms with Crippen LogP contribution in [0, 0.1) is 5.92 Å². The molecule has 1 heterocycles. The molecule has 1 aliphatic rings. The van der Waals surface area contributed by atoms with Crippen LogP contribution in [0.15, 0.2) is 41.6 Å². The summed E-state index contributed by atoms with van der Waals surface area (Å²) in [6.07, 6.45) is -5.40. The average molecular weight is 509 g/mol. The lowest BCUT2D eigenvalue weighted by Gasteiger charge is -2.36. The van der Waals surface area contributed by atoms with Crippen LogP contribution in [0.3, 0.4) is 0 Å². The summed E-state index contributed by atoms with van der Waals surface area (Å²) < 4.78 is 98.1. The Kier molecular flexibility index (Phi) is 7.03. The fourth-order valence-electron chi connectivity index (χ4n) is 3.85. The molecule has 2 aromatic rings. The summed E-state index contributed by atoms with van der Waals surface area (Å²) in [6.45, 7) is 0. The van der Waals surface area contributed by atoms with Gasteiger partial charge in [0.2, 0.25) is 11.8 Å². The van der Waals surface area contributed by atoms with E-state index >= 15 is 0 Å². The molecule has 2 unspecified atom stereocenters. The van der Waals surface area contributed by atoms with Gasteiger partial charge in [0.25, 0.3) is 10.0 Å². The number of hydrogen-bond acceptors (Lipinski definition) is 6. The molecule has 0 radical (unpaired) electrons. The molecular formula is C20H20F5N3O5S. The van der Waals surface area contributed by atoms with Crippen LogP contribution in [-0.2, 0) is 14.8 Å². The van der Waals surface area contributed by atoms with Crippen molar-refractivity contribution in [2.24, 2.45) is 11.1 Å². The van der Waals surface area contributed by atoms with Gasteiger partial charge in [0.15, 0.2) is 5.03 Å². The van der Waals surface area contributed by atoms with Gasteiger partial charge >= 0.3 is 6.36 Å². The predicted octanol–water partition coefficient (Wildman–Crippen LogP) is 3.79. The minimum absolute atomic E-state index is 0.0300. The van der Waals surface area contributed by atoms with Crippen molar-refractivity contribution < 1.29 is 44.6 Å². The van der Waals surface area contributed by atoms with E-state index in [2.05, 4.69) is 15.0 Å². The predicted molar refractivity (Wildman–Crippen MR) is 109 cm³/mol. The summed E-state index contributed by atoms with van der Waals surface area (Å²) in [5.74, 6) is -6.76. The highest BCUT2D eigenvalue weighted by molar-refractivity contribution is 7.89. The molecule has 0 aliphatic heterocycles. The third-order valence-corrected chi connectivity index (χ3v) is 6.10. The number of carbonyl (C=O) groups excluding carboxylic acids is 1. The number of primary sulfonamides is 1. The zero-order valence-electron chi connectivity index (χ0n) is 17.6. The van der Waals surface area contributed by atoms with Gasteiger partial charge in [0.05, 0.1) is 13.0 Å². The van der Waals surface area contributed by atoms with E-state index in [-0.39, 0.29) is 23.4 Å². The lowest BCUT2D eigenvalue weighted by molar-refractivity contribution is -0.274. The lowest BCUT2D eigenvalue weighted by atomic mass is 9.73. The number of pyridine rings is 1. The summed E-state index contributed by atoms with van der Waals surface area (Å²) in [5.41, 5.74) is 0.227. The van der Waals surface area contributed by atoms with Crippen molar-refractivity contribution >= 4 is 21.6 Å². The normalized spacial score (nSPS) is 20.4. The number of nitrogens with one attached hydrogen (secondary N) is 1. The summed E-state index contributed by atoms with van der Waals surface area (Å²) in [7, 11) is -2.99. The largest absolute Gasteiger partial charge is 0.573 e. The van der Waals surface area contributed by atoms with Crippen LogP contribution in [-0.4, -0.2) is 38.7 Å². The second-order valence-corrected chi connectivity index (χ2v) is 9.19. The van der Waals surface area contributed by atoms with Crippen LogP contribution in [0.5, 0.6) is 11.5 Å². The van der Waals surface area contributed by atoms with E-state index in [0.29, 0.717) is 0 Å². The number of sulfonamides is 1. The first-order valence-electron chi connectivity index (χ1n) is 9.80. The molecule has 1 aliphatic carbocycles. The number of alkyl halides is 5. The molecule has 1 aromatic heterocycles. The Hall–Kier alpha value is -3.00. The zero-order chi connectivity index (χ0) is 25.3. The number of amides is 1. The van der Waals surface area contributed by atoms with Crippen LogP contribution >= 0.6 is 0 Å². The number of hydrogen-bond donors (Lipinski definition) is 2. The van der Waals surface area contributed by atoms with Gasteiger partial charge in [0, 0.05) is 36.9 Å². The molecule has 1 amide bonds. The molecular weight excluding hydrogens is 489 g/mol. The van der Waals surface area contributed by atoms with E-state index in [0.717, 1.165) is 24.4 Å². The van der Waals surface area contributed by atoms with Gasteiger partial charge in [-0.3, -0.25) is 4.79 Å². The zero-order valence-corrected chi connectivity index (χ0v) is 18.4. The number of benzene rings is 1. The SMILES string of the molecule is COc1cc(OC(F)(F)F)ccc1C1CCC(F)(F)CC1C(=O)Nc1ccnc(S(N)(=O)=O)c1. The monoisotopic (exact) mass is 509 g/mol. The lowest BCUT2D eigenvalue weighted by Crippen LogP contribution is -2.38. The highest BCUT2D eigenvalue weighted by Gasteiger charge is 2.46. The Bertz CT molecular complexity index is 1170. The minimum atomic E-state index is -4.94. The van der Waals surface area contributed by atoms with E-state index in [4.69, 9.17) is 9.88 Å². The van der Waals surface area contributed by atoms with Crippen molar-refractivity contribution in [3.63, 3.8) is 0 Å². The Balaban J connectivity index is 1.92. The Morgan fingerprint density at radius 3 is 2.56 bits per heavy atom. The number of anilines is 1. The Labute approximate surface area is 191 Å². The van der Waals surface area contributed by atoms with E-state index in [1.807, 2.05) is 0 Å². The van der Waals surface area contributed by atoms with Crippen LogP contribution in [0.2, 0.25) is 0 Å². The fraction of sp³-hybridized carbons (Fsp3) is 0.400. The molecule has 186 valence electrons. The molecule has 34 heavy (non-hydrogen) atoms. The molecule has 1 fully saturated rings. The molecule has 0 saturated heterocycles. The van der Waals surface area contributed by atoms with Crippen LogP contribution in [0.1, 0.15) is 30.7 Å². The summed E-state index contributed by atoms with van der Waals surface area (Å²) in [4.78, 5) is 16.6. The quantitative estimate of drug-likeness (QED) is 0.572. The first kappa shape index (κ1) is 25.6. The molecule has 0 spiro atoms. The second kappa shape index (κ2) is 9.33. The maximum Gasteiger partial charge on any atom is 0.573 e. The van der Waals surface area contributed by atoms with Gasteiger partial charge in [-0.05, 0) is 30.0 Å². The molecule has 0 bridgehead atoms. The number of carbonyl (C=O) groups is 1. The van der Waals surface area contributed by atoms with E-state index < -0.39 is 63.7 Å². The summed E-state index contributed by atoms with van der Waals surface area (Å²) in [6, 6.07) is 5.44. The van der Waals surface area contributed by atoms with E-state index in [1.165, 1.54) is 19.2 Å². The van der Waals surface area contributed by atoms with Crippen LogP contribution in [0.25, 0.3) is 0 Å². The van der Waals surface area contributed by atoms with Crippen molar-refractivity contribution in [3.05, 3.63) is 42.1 Å². The summed E-state index contributed by atoms with van der Waals surface area (Å²) in [5, 5.41) is 6.88. The van der Waals surface area contributed by atoms with Gasteiger partial charge < -0.3 is 14.8 Å². The maximum atomic E-state index is 14.2. The van der Waals surface area contributed by atoms with Gasteiger partial charge in [-0.2, -0.15) is 0 Å². The van der Waals surface area contributed by atoms with Gasteiger partial charge in [-0.15, -0.1) is 13.2 Å². The second-order valence-electron chi connectivity index (χ2n) is 7.68. The number of ether oxygens (including phenoxy) is 2. The highest BCUT2D eigenvalue weighted by Crippen LogP contribution is 2.48. The standard InChI is InChI=1S/C20H20F5N3O5S/c1-32-16-9-12(33-20(23,24)25)2-3-14(16)13-4-6-19(21,22)10-15(13)18(29)28-11-5-7-27-17(8-11)34(26,30)31/h2-3,5,7-9,13,15H,4,6,10H2,1H3,(H2,26,30,31)(H,27,28,29). The first-order valence-corrected chi connectivity index (χ1v) is 11.3. The topological polar surface area (TPSA) is 121 Å². The highest BCUT2D eigenvalue weighted by atomic mass is 32.2. The van der Waals surface area contributed by atoms with Crippen molar-refractivity contribution in [3.8, 4) is 11.5 Å². The Morgan fingerprint density at radius 1 is 1.24 bits per heavy atom. The molecule has 14 heteroatoms. The van der Waals surface area contributed by atoms with Crippen molar-refractivity contribution in [1.29, 1.82) is 0 Å². The summed E-state index contributed by atoms with van der Waals surface area (Å²) >= 11 is 0. The third kappa shape index (κ3) is 6.32. The van der Waals surface area contributed by atoms with Gasteiger partial charge in [0.1, 0.15) is 11.5 Å². The molecule has 3 rings (SSSR count). The first-order chi connectivity index (χ1) is 15.7. The van der Waals surface area contributed by atoms with Crippen molar-refractivity contribution in [2.45, 2.75) is 42.5 Å². The smallest absolute Gasteiger partial charge is 0.496 e. The molecule has 3 N–H and O–H groups in total. The average Bonchev–Trinajstić information content (AvgIpc) is 2.72. The number of halogens is 5.